The largest absolute Gasteiger partial charge is 0.493 e. The highest BCUT2D eigenvalue weighted by atomic mass is 16.5. The highest BCUT2D eigenvalue weighted by molar-refractivity contribution is 5.42. The van der Waals surface area contributed by atoms with Gasteiger partial charge in [0.15, 0.2) is 11.5 Å². The maximum atomic E-state index is 5.64. The third-order valence-electron chi connectivity index (χ3n) is 2.75. The minimum absolute atomic E-state index is 0.719. The van der Waals surface area contributed by atoms with E-state index in [2.05, 4.69) is 37.3 Å². The molecular formula is C15H26N2O2. The van der Waals surface area contributed by atoms with Crippen molar-refractivity contribution in [1.82, 2.24) is 10.2 Å². The number of methoxy groups -OCH3 is 1. The number of likely N-dealkylation sites (N-methyl/N-ethyl adjacent to an activating group) is 1. The molecule has 19 heavy (non-hydrogen) atoms. The summed E-state index contributed by atoms with van der Waals surface area (Å²) in [4.78, 5) is 2.16. The normalized spacial score (nSPS) is 10.8. The summed E-state index contributed by atoms with van der Waals surface area (Å²) in [7, 11) is 5.83. The molecule has 0 amide bonds. The van der Waals surface area contributed by atoms with Gasteiger partial charge in [-0.2, -0.15) is 0 Å². The number of hydrogen-bond donors (Lipinski definition) is 1. The third-order valence-corrected chi connectivity index (χ3v) is 2.75. The van der Waals surface area contributed by atoms with Crippen LogP contribution in [0.3, 0.4) is 0 Å². The summed E-state index contributed by atoms with van der Waals surface area (Å²) >= 11 is 0. The van der Waals surface area contributed by atoms with Crippen LogP contribution in [-0.2, 0) is 6.54 Å². The van der Waals surface area contributed by atoms with E-state index in [1.165, 1.54) is 5.56 Å². The van der Waals surface area contributed by atoms with E-state index >= 15 is 0 Å². The minimum Gasteiger partial charge on any atom is -0.493 e. The van der Waals surface area contributed by atoms with Crippen LogP contribution in [0, 0.1) is 0 Å². The molecule has 1 aromatic carbocycles. The lowest BCUT2D eigenvalue weighted by Gasteiger charge is -2.13. The first-order valence-electron chi connectivity index (χ1n) is 6.82. The van der Waals surface area contributed by atoms with Crippen LogP contribution in [0.25, 0.3) is 0 Å². The highest BCUT2D eigenvalue weighted by Gasteiger charge is 2.05. The van der Waals surface area contributed by atoms with Crippen LogP contribution in [0.1, 0.15) is 18.9 Å². The monoisotopic (exact) mass is 266 g/mol. The fourth-order valence-corrected chi connectivity index (χ4v) is 1.69. The summed E-state index contributed by atoms with van der Waals surface area (Å²) in [6.07, 6.45) is 0.997. The number of nitrogens with one attached hydrogen (secondary N) is 1. The van der Waals surface area contributed by atoms with Gasteiger partial charge in [-0.1, -0.05) is 13.0 Å². The predicted molar refractivity (Wildman–Crippen MR) is 79.0 cm³/mol. The Morgan fingerprint density at radius 1 is 1.21 bits per heavy atom. The standard InChI is InChI=1S/C15H26N2O2/c1-5-10-19-14-7-6-13(11-15(14)18-4)12-16-8-9-17(2)3/h6-7,11,16H,5,8-10,12H2,1-4H3. The maximum absolute atomic E-state index is 5.64. The summed E-state index contributed by atoms with van der Waals surface area (Å²) in [6, 6.07) is 6.10. The first kappa shape index (κ1) is 15.8. The van der Waals surface area contributed by atoms with E-state index in [0.717, 1.165) is 44.2 Å². The number of hydrogen-bond acceptors (Lipinski definition) is 4. The number of nitrogens with zero attached hydrogens (tertiary/aromatic N) is 1. The Morgan fingerprint density at radius 2 is 2.00 bits per heavy atom. The van der Waals surface area contributed by atoms with Crippen molar-refractivity contribution in [3.05, 3.63) is 23.8 Å². The van der Waals surface area contributed by atoms with Crippen LogP contribution >= 0.6 is 0 Å². The Balaban J connectivity index is 2.51. The lowest BCUT2D eigenvalue weighted by molar-refractivity contribution is 0.294. The molecule has 0 atom stereocenters. The molecule has 0 spiro atoms. The molecule has 1 rings (SSSR count). The van der Waals surface area contributed by atoms with Gasteiger partial charge in [0.1, 0.15) is 0 Å². The average molecular weight is 266 g/mol. The van der Waals surface area contributed by atoms with Gasteiger partial charge in [-0.3, -0.25) is 0 Å². The molecule has 0 aliphatic rings. The van der Waals surface area contributed by atoms with Crippen LogP contribution in [0.5, 0.6) is 11.5 Å². The highest BCUT2D eigenvalue weighted by Crippen LogP contribution is 2.28. The second-order valence-corrected chi connectivity index (χ2v) is 4.81. The zero-order valence-electron chi connectivity index (χ0n) is 12.5. The molecule has 0 aliphatic carbocycles. The molecule has 0 fully saturated rings. The summed E-state index contributed by atoms with van der Waals surface area (Å²) in [6.45, 7) is 5.67. The molecule has 0 radical (unpaired) electrons. The molecule has 0 heterocycles. The van der Waals surface area contributed by atoms with Crippen LogP contribution < -0.4 is 14.8 Å². The first-order valence-corrected chi connectivity index (χ1v) is 6.82. The van der Waals surface area contributed by atoms with Gasteiger partial charge in [0.25, 0.3) is 0 Å². The van der Waals surface area contributed by atoms with Crippen molar-refractivity contribution in [2.75, 3.05) is 40.9 Å². The molecule has 4 heteroatoms. The Bertz CT molecular complexity index is 367. The smallest absolute Gasteiger partial charge is 0.161 e. The van der Waals surface area contributed by atoms with Crippen molar-refractivity contribution in [2.45, 2.75) is 19.9 Å². The summed E-state index contributed by atoms with van der Waals surface area (Å²) < 4.78 is 11.0. The number of benzene rings is 1. The molecule has 0 aromatic heterocycles. The average Bonchev–Trinajstić information content (AvgIpc) is 2.41. The molecule has 1 aromatic rings. The van der Waals surface area contributed by atoms with Gasteiger partial charge >= 0.3 is 0 Å². The zero-order chi connectivity index (χ0) is 14.1. The molecule has 0 unspecified atom stereocenters. The summed E-state index contributed by atoms with van der Waals surface area (Å²) in [5.74, 6) is 1.63. The van der Waals surface area contributed by atoms with Gasteiger partial charge in [-0.15, -0.1) is 0 Å². The van der Waals surface area contributed by atoms with Crippen LogP contribution in [0.2, 0.25) is 0 Å². The van der Waals surface area contributed by atoms with Gasteiger partial charge in [0.2, 0.25) is 0 Å². The fraction of sp³-hybridized carbons (Fsp3) is 0.600. The van der Waals surface area contributed by atoms with Crippen LogP contribution in [0.15, 0.2) is 18.2 Å². The van der Waals surface area contributed by atoms with Gasteiger partial charge in [0, 0.05) is 19.6 Å². The lowest BCUT2D eigenvalue weighted by atomic mass is 10.2. The van der Waals surface area contributed by atoms with Gasteiger partial charge in [0.05, 0.1) is 13.7 Å². The molecule has 0 saturated heterocycles. The van der Waals surface area contributed by atoms with E-state index in [9.17, 15) is 0 Å². The fourth-order valence-electron chi connectivity index (χ4n) is 1.69. The summed E-state index contributed by atoms with van der Waals surface area (Å²) in [5, 5.41) is 3.41. The molecule has 0 aliphatic heterocycles. The minimum atomic E-state index is 0.719. The van der Waals surface area contributed by atoms with Crippen molar-refractivity contribution >= 4 is 0 Å². The van der Waals surface area contributed by atoms with Gasteiger partial charge in [-0.05, 0) is 38.2 Å². The number of ether oxygens (including phenoxy) is 2. The van der Waals surface area contributed by atoms with E-state index in [0.29, 0.717) is 0 Å². The van der Waals surface area contributed by atoms with Crippen molar-refractivity contribution in [2.24, 2.45) is 0 Å². The topological polar surface area (TPSA) is 33.7 Å². The zero-order valence-corrected chi connectivity index (χ0v) is 12.5. The summed E-state index contributed by atoms with van der Waals surface area (Å²) in [5.41, 5.74) is 1.21. The molecular weight excluding hydrogens is 240 g/mol. The quantitative estimate of drug-likeness (QED) is 0.694. The second-order valence-electron chi connectivity index (χ2n) is 4.81. The van der Waals surface area contributed by atoms with Crippen LogP contribution in [0.4, 0.5) is 0 Å². The molecule has 108 valence electrons. The SMILES string of the molecule is CCCOc1ccc(CNCCN(C)C)cc1OC. The molecule has 4 nitrogen and oxygen atoms in total. The van der Waals surface area contributed by atoms with Gasteiger partial charge < -0.3 is 19.7 Å². The Morgan fingerprint density at radius 3 is 2.63 bits per heavy atom. The van der Waals surface area contributed by atoms with Crippen molar-refractivity contribution in [3.63, 3.8) is 0 Å². The molecule has 0 bridgehead atoms. The number of rotatable bonds is 9. The Hall–Kier alpha value is -1.26. The predicted octanol–water partition coefficient (Wildman–Crippen LogP) is 2.14. The van der Waals surface area contributed by atoms with E-state index in [-0.39, 0.29) is 0 Å². The van der Waals surface area contributed by atoms with E-state index in [1.54, 1.807) is 7.11 Å². The lowest BCUT2D eigenvalue weighted by Crippen LogP contribution is -2.26. The van der Waals surface area contributed by atoms with E-state index in [1.807, 2.05) is 12.1 Å². The Labute approximate surface area is 116 Å². The Kier molecular flexibility index (Phi) is 7.30. The van der Waals surface area contributed by atoms with Crippen molar-refractivity contribution in [3.8, 4) is 11.5 Å². The second kappa shape index (κ2) is 8.77. The van der Waals surface area contributed by atoms with Crippen molar-refractivity contribution in [1.29, 1.82) is 0 Å². The molecule has 0 saturated carbocycles. The van der Waals surface area contributed by atoms with Crippen molar-refractivity contribution < 1.29 is 9.47 Å². The van der Waals surface area contributed by atoms with E-state index in [4.69, 9.17) is 9.47 Å². The van der Waals surface area contributed by atoms with Crippen LogP contribution in [-0.4, -0.2) is 45.8 Å². The maximum Gasteiger partial charge on any atom is 0.161 e. The van der Waals surface area contributed by atoms with E-state index < -0.39 is 0 Å². The first-order chi connectivity index (χ1) is 9.17. The third kappa shape index (κ3) is 5.94. The molecule has 1 N–H and O–H groups in total. The van der Waals surface area contributed by atoms with Gasteiger partial charge in [-0.25, -0.2) is 0 Å².